The van der Waals surface area contributed by atoms with E-state index in [0.717, 1.165) is 5.56 Å². The van der Waals surface area contributed by atoms with Gasteiger partial charge in [0.25, 0.3) is 15.0 Å². The molecule has 0 spiro atoms. The molecule has 0 saturated heterocycles. The quantitative estimate of drug-likeness (QED) is 0.840. The Kier molecular flexibility index (Phi) is 4.64. The number of hydrogen-bond acceptors (Lipinski definition) is 4. The van der Waals surface area contributed by atoms with Gasteiger partial charge < -0.3 is 9.88 Å². The summed E-state index contributed by atoms with van der Waals surface area (Å²) in [6, 6.07) is 6.23. The van der Waals surface area contributed by atoms with E-state index < -0.39 is 9.05 Å². The minimum atomic E-state index is -3.70. The highest BCUT2D eigenvalue weighted by atomic mass is 35.7. The van der Waals surface area contributed by atoms with E-state index in [9.17, 15) is 13.2 Å². The normalized spacial score (nSPS) is 11.3. The molecule has 0 aliphatic carbocycles. The van der Waals surface area contributed by atoms with Crippen LogP contribution < -0.4 is 5.32 Å². The van der Waals surface area contributed by atoms with Crippen LogP contribution in [-0.2, 0) is 22.5 Å². The van der Waals surface area contributed by atoms with Gasteiger partial charge in [-0.25, -0.2) is 13.4 Å². The van der Waals surface area contributed by atoms with Crippen LogP contribution in [0, 0.1) is 0 Å². The van der Waals surface area contributed by atoms with Crippen LogP contribution in [0.5, 0.6) is 0 Å². The van der Waals surface area contributed by atoms with Crippen molar-refractivity contribution in [2.75, 3.05) is 6.54 Å². The van der Waals surface area contributed by atoms with E-state index in [1.807, 2.05) is 0 Å². The Bertz CT molecular complexity index is 738. The fourth-order valence-electron chi connectivity index (χ4n) is 1.81. The van der Waals surface area contributed by atoms with Crippen LogP contribution in [0.25, 0.3) is 0 Å². The third-order valence-corrected chi connectivity index (χ3v) is 4.32. The van der Waals surface area contributed by atoms with Crippen molar-refractivity contribution < 1.29 is 13.2 Å². The monoisotopic (exact) mass is 327 g/mol. The predicted octanol–water partition coefficient (Wildman–Crippen LogP) is 1.32. The summed E-state index contributed by atoms with van der Waals surface area (Å²) in [5, 5.41) is 2.78. The zero-order valence-corrected chi connectivity index (χ0v) is 12.9. The summed E-state index contributed by atoms with van der Waals surface area (Å²) in [5.41, 5.74) is 1.39. The summed E-state index contributed by atoms with van der Waals surface area (Å²) < 4.78 is 23.9. The predicted molar refractivity (Wildman–Crippen MR) is 78.7 cm³/mol. The third-order valence-electron chi connectivity index (χ3n) is 2.95. The van der Waals surface area contributed by atoms with E-state index in [1.165, 1.54) is 18.3 Å². The first-order valence-electron chi connectivity index (χ1n) is 6.16. The summed E-state index contributed by atoms with van der Waals surface area (Å²) in [5.74, 6) is -0.199. The summed E-state index contributed by atoms with van der Waals surface area (Å²) in [4.78, 5) is 15.8. The van der Waals surface area contributed by atoms with Crippen molar-refractivity contribution in [3.63, 3.8) is 0 Å². The SMILES string of the molecule is Cn1cncc1C(=O)NCCc1ccc(S(=O)(=O)Cl)cc1. The van der Waals surface area contributed by atoms with Crippen molar-refractivity contribution in [3.8, 4) is 0 Å². The standard InChI is InChI=1S/C13H14ClN3O3S/c1-17-9-15-8-12(17)13(18)16-7-6-10-2-4-11(5-3-10)21(14,19)20/h2-5,8-9H,6-7H2,1H3,(H,16,18). The van der Waals surface area contributed by atoms with Crippen LogP contribution in [0.1, 0.15) is 16.1 Å². The Morgan fingerprint density at radius 3 is 2.52 bits per heavy atom. The molecular weight excluding hydrogens is 314 g/mol. The lowest BCUT2D eigenvalue weighted by Crippen LogP contribution is -2.27. The lowest BCUT2D eigenvalue weighted by atomic mass is 10.1. The number of nitrogens with one attached hydrogen (secondary N) is 1. The highest BCUT2D eigenvalue weighted by Crippen LogP contribution is 2.15. The maximum atomic E-state index is 11.8. The van der Waals surface area contributed by atoms with Crippen molar-refractivity contribution in [3.05, 3.63) is 48.0 Å². The molecule has 112 valence electrons. The average Bonchev–Trinajstić information content (AvgIpc) is 2.84. The van der Waals surface area contributed by atoms with Gasteiger partial charge in [0.1, 0.15) is 5.69 Å². The molecule has 1 aromatic carbocycles. The number of aryl methyl sites for hydroxylation is 1. The lowest BCUT2D eigenvalue weighted by Gasteiger charge is -2.06. The van der Waals surface area contributed by atoms with E-state index in [0.29, 0.717) is 18.7 Å². The number of hydrogen-bond donors (Lipinski definition) is 1. The summed E-state index contributed by atoms with van der Waals surface area (Å²) in [6.07, 6.45) is 3.64. The van der Waals surface area contributed by atoms with Crippen molar-refractivity contribution in [1.82, 2.24) is 14.9 Å². The van der Waals surface area contributed by atoms with E-state index in [2.05, 4.69) is 10.3 Å². The third kappa shape index (κ3) is 4.05. The summed E-state index contributed by atoms with van der Waals surface area (Å²) >= 11 is 0. The summed E-state index contributed by atoms with van der Waals surface area (Å²) in [6.45, 7) is 0.441. The molecule has 0 saturated carbocycles. The highest BCUT2D eigenvalue weighted by Gasteiger charge is 2.10. The van der Waals surface area contributed by atoms with Gasteiger partial charge in [-0.05, 0) is 24.1 Å². The maximum absolute atomic E-state index is 11.8. The molecule has 0 radical (unpaired) electrons. The number of amides is 1. The molecule has 0 bridgehead atoms. The Hall–Kier alpha value is -1.86. The van der Waals surface area contributed by atoms with Crippen LogP contribution in [0.15, 0.2) is 41.7 Å². The maximum Gasteiger partial charge on any atom is 0.269 e. The number of rotatable bonds is 5. The van der Waals surface area contributed by atoms with Gasteiger partial charge in [-0.2, -0.15) is 0 Å². The number of aromatic nitrogens is 2. The van der Waals surface area contributed by atoms with Gasteiger partial charge in [-0.3, -0.25) is 4.79 Å². The molecule has 0 aliphatic rings. The Morgan fingerprint density at radius 1 is 1.33 bits per heavy atom. The number of halogens is 1. The molecule has 1 amide bonds. The molecule has 6 nitrogen and oxygen atoms in total. The van der Waals surface area contributed by atoms with Crippen LogP contribution in [-0.4, -0.2) is 30.4 Å². The zero-order chi connectivity index (χ0) is 15.5. The van der Waals surface area contributed by atoms with E-state index >= 15 is 0 Å². The van der Waals surface area contributed by atoms with E-state index in [-0.39, 0.29) is 10.8 Å². The molecule has 0 aliphatic heterocycles. The van der Waals surface area contributed by atoms with E-state index in [4.69, 9.17) is 10.7 Å². The minimum absolute atomic E-state index is 0.0619. The van der Waals surface area contributed by atoms with Gasteiger partial charge in [-0.1, -0.05) is 12.1 Å². The van der Waals surface area contributed by atoms with Crippen LogP contribution in [0.3, 0.4) is 0 Å². The smallest absolute Gasteiger partial charge is 0.269 e. The minimum Gasteiger partial charge on any atom is -0.350 e. The van der Waals surface area contributed by atoms with Gasteiger partial charge in [0.2, 0.25) is 0 Å². The molecule has 2 rings (SSSR count). The molecule has 8 heteroatoms. The number of carbonyl (C=O) groups excluding carboxylic acids is 1. The Labute approximate surface area is 127 Å². The first kappa shape index (κ1) is 15.5. The molecule has 1 heterocycles. The molecular formula is C13H14ClN3O3S. The average molecular weight is 328 g/mol. The second-order valence-corrected chi connectivity index (χ2v) is 7.04. The fraction of sp³-hybridized carbons (Fsp3) is 0.231. The molecule has 2 aromatic rings. The van der Waals surface area contributed by atoms with Gasteiger partial charge in [0.15, 0.2) is 0 Å². The first-order chi connectivity index (χ1) is 9.88. The first-order valence-corrected chi connectivity index (χ1v) is 8.47. The van der Waals surface area contributed by atoms with Crippen molar-refractivity contribution in [2.45, 2.75) is 11.3 Å². The van der Waals surface area contributed by atoms with Crippen LogP contribution >= 0.6 is 10.7 Å². The number of nitrogens with zero attached hydrogens (tertiary/aromatic N) is 2. The number of imidazole rings is 1. The lowest BCUT2D eigenvalue weighted by molar-refractivity contribution is 0.0946. The zero-order valence-electron chi connectivity index (χ0n) is 11.3. The second-order valence-electron chi connectivity index (χ2n) is 4.48. The molecule has 0 atom stereocenters. The van der Waals surface area contributed by atoms with Gasteiger partial charge >= 0.3 is 0 Å². The van der Waals surface area contributed by atoms with Gasteiger partial charge in [0, 0.05) is 24.3 Å². The number of carbonyl (C=O) groups is 1. The molecule has 1 aromatic heterocycles. The van der Waals surface area contributed by atoms with Crippen molar-refractivity contribution in [1.29, 1.82) is 0 Å². The molecule has 0 fully saturated rings. The topological polar surface area (TPSA) is 81.1 Å². The largest absolute Gasteiger partial charge is 0.350 e. The molecule has 21 heavy (non-hydrogen) atoms. The Morgan fingerprint density at radius 2 is 2.00 bits per heavy atom. The van der Waals surface area contributed by atoms with Crippen LogP contribution in [0.2, 0.25) is 0 Å². The fourth-order valence-corrected chi connectivity index (χ4v) is 2.58. The number of benzene rings is 1. The summed E-state index contributed by atoms with van der Waals surface area (Å²) in [7, 11) is 3.28. The highest BCUT2D eigenvalue weighted by molar-refractivity contribution is 8.13. The van der Waals surface area contributed by atoms with Crippen molar-refractivity contribution in [2.24, 2.45) is 7.05 Å². The van der Waals surface area contributed by atoms with Crippen LogP contribution in [0.4, 0.5) is 0 Å². The molecule has 1 N–H and O–H groups in total. The van der Waals surface area contributed by atoms with E-state index in [1.54, 1.807) is 30.1 Å². The molecule has 0 unspecified atom stereocenters. The van der Waals surface area contributed by atoms with Gasteiger partial charge in [-0.15, -0.1) is 0 Å². The second kappa shape index (κ2) is 6.28. The van der Waals surface area contributed by atoms with Gasteiger partial charge in [0.05, 0.1) is 17.4 Å². The van der Waals surface area contributed by atoms with Crippen molar-refractivity contribution >= 4 is 25.6 Å². The Balaban J connectivity index is 1.89.